The molecule has 2 N–H and O–H groups in total. The highest BCUT2D eigenvalue weighted by Crippen LogP contribution is 2.19. The van der Waals surface area contributed by atoms with Crippen molar-refractivity contribution in [2.45, 2.75) is 25.8 Å². The Morgan fingerprint density at radius 3 is 2.58 bits per heavy atom. The smallest absolute Gasteiger partial charge is 0.337 e. The maximum atomic E-state index is 13.0. The third-order valence-electron chi connectivity index (χ3n) is 2.49. The van der Waals surface area contributed by atoms with Crippen molar-refractivity contribution in [2.75, 3.05) is 0 Å². The van der Waals surface area contributed by atoms with Crippen molar-refractivity contribution in [3.05, 3.63) is 34.3 Å². The Morgan fingerprint density at radius 1 is 1.42 bits per heavy atom. The number of rotatable bonds is 5. The van der Waals surface area contributed by atoms with Crippen LogP contribution < -0.4 is 5.32 Å². The molecule has 1 aromatic carbocycles. The van der Waals surface area contributed by atoms with Crippen molar-refractivity contribution in [3.8, 4) is 0 Å². The molecule has 19 heavy (non-hydrogen) atoms. The Kier molecular flexibility index (Phi) is 4.83. The monoisotopic (exact) mass is 291 g/mol. The van der Waals surface area contributed by atoms with Crippen LogP contribution >= 0.6 is 11.6 Å². The maximum absolute atomic E-state index is 13.0. The van der Waals surface area contributed by atoms with E-state index in [9.17, 15) is 18.4 Å². The minimum atomic E-state index is -3.43. The van der Waals surface area contributed by atoms with E-state index in [1.165, 1.54) is 25.1 Å². The van der Waals surface area contributed by atoms with Gasteiger partial charge in [-0.05, 0) is 17.7 Å². The van der Waals surface area contributed by atoms with Gasteiger partial charge in [-0.25, -0.2) is 4.79 Å². The van der Waals surface area contributed by atoms with Crippen LogP contribution in [0, 0.1) is 0 Å². The van der Waals surface area contributed by atoms with Gasteiger partial charge in [-0.3, -0.25) is 4.79 Å². The molecular weight excluding hydrogens is 280 g/mol. The van der Waals surface area contributed by atoms with Crippen LogP contribution in [0.1, 0.15) is 29.3 Å². The summed E-state index contributed by atoms with van der Waals surface area (Å²) in [5.41, 5.74) is 0.234. The van der Waals surface area contributed by atoms with Crippen LogP contribution in [0.25, 0.3) is 0 Å². The van der Waals surface area contributed by atoms with E-state index in [4.69, 9.17) is 16.7 Å². The highest BCUT2D eigenvalue weighted by atomic mass is 35.5. The Morgan fingerprint density at radius 2 is 2.05 bits per heavy atom. The molecule has 0 saturated heterocycles. The molecular formula is C12H12ClF2NO3. The number of nitrogens with one attached hydrogen (secondary N) is 1. The molecule has 0 fully saturated rings. The Hall–Kier alpha value is -1.69. The van der Waals surface area contributed by atoms with Crippen LogP contribution in [-0.2, 0) is 11.3 Å². The second-order valence-electron chi connectivity index (χ2n) is 3.86. The third-order valence-corrected chi connectivity index (χ3v) is 2.82. The number of carbonyl (C=O) groups excluding carboxylic acids is 1. The average molecular weight is 292 g/mol. The fourth-order valence-electron chi connectivity index (χ4n) is 1.32. The van der Waals surface area contributed by atoms with Crippen LogP contribution in [0.5, 0.6) is 0 Å². The van der Waals surface area contributed by atoms with Gasteiger partial charge < -0.3 is 10.4 Å². The number of aromatic carboxylic acids is 1. The molecule has 1 amide bonds. The zero-order valence-corrected chi connectivity index (χ0v) is 10.8. The first-order chi connectivity index (χ1) is 8.77. The van der Waals surface area contributed by atoms with Crippen molar-refractivity contribution in [1.82, 2.24) is 5.32 Å². The van der Waals surface area contributed by atoms with Gasteiger partial charge in [0.15, 0.2) is 0 Å². The van der Waals surface area contributed by atoms with Crippen LogP contribution in [0.3, 0.4) is 0 Å². The van der Waals surface area contributed by atoms with Crippen LogP contribution in [0.15, 0.2) is 18.2 Å². The summed E-state index contributed by atoms with van der Waals surface area (Å²) in [6.45, 7) is 1.01. The van der Waals surface area contributed by atoms with Gasteiger partial charge in [0.25, 0.3) is 5.91 Å². The predicted octanol–water partition coefficient (Wildman–Crippen LogP) is 2.70. The number of hydrogen-bond acceptors (Lipinski definition) is 2. The topological polar surface area (TPSA) is 66.4 Å². The van der Waals surface area contributed by atoms with E-state index in [1.54, 1.807) is 0 Å². The van der Waals surface area contributed by atoms with E-state index < -0.39 is 24.2 Å². The summed E-state index contributed by atoms with van der Waals surface area (Å²) < 4.78 is 26.0. The minimum Gasteiger partial charge on any atom is -0.478 e. The summed E-state index contributed by atoms with van der Waals surface area (Å²) >= 11 is 5.66. The fourth-order valence-corrected chi connectivity index (χ4v) is 1.52. The number of halogens is 3. The minimum absolute atomic E-state index is 0.0430. The quantitative estimate of drug-likeness (QED) is 0.876. The molecule has 0 radical (unpaired) electrons. The third kappa shape index (κ3) is 3.89. The van der Waals surface area contributed by atoms with Crippen LogP contribution in [0.4, 0.5) is 8.78 Å². The second kappa shape index (κ2) is 5.97. The molecule has 0 spiro atoms. The number of carboxylic acid groups (broad SMARTS) is 1. The summed E-state index contributed by atoms with van der Waals surface area (Å²) in [5, 5.41) is 10.9. The van der Waals surface area contributed by atoms with Gasteiger partial charge in [-0.1, -0.05) is 24.6 Å². The van der Waals surface area contributed by atoms with Gasteiger partial charge in [0.05, 0.1) is 10.6 Å². The molecule has 0 aromatic heterocycles. The van der Waals surface area contributed by atoms with Crippen molar-refractivity contribution in [3.63, 3.8) is 0 Å². The zero-order chi connectivity index (χ0) is 14.6. The fraction of sp³-hybridized carbons (Fsp3) is 0.333. The summed E-state index contributed by atoms with van der Waals surface area (Å²) in [5.74, 6) is -6.04. The maximum Gasteiger partial charge on any atom is 0.337 e. The molecule has 4 nitrogen and oxygen atoms in total. The molecule has 0 saturated carbocycles. The summed E-state index contributed by atoms with van der Waals surface area (Å²) in [6.07, 6.45) is -0.597. The van der Waals surface area contributed by atoms with Crippen molar-refractivity contribution < 1.29 is 23.5 Å². The van der Waals surface area contributed by atoms with E-state index >= 15 is 0 Å². The first-order valence-electron chi connectivity index (χ1n) is 5.45. The van der Waals surface area contributed by atoms with Gasteiger partial charge in [-0.15, -0.1) is 0 Å². The van der Waals surface area contributed by atoms with Gasteiger partial charge in [0.1, 0.15) is 0 Å². The number of amides is 1. The number of carbonyl (C=O) groups is 2. The molecule has 7 heteroatoms. The molecule has 1 aromatic rings. The molecule has 0 bridgehead atoms. The molecule has 0 aliphatic heterocycles. The summed E-state index contributed by atoms with van der Waals surface area (Å²) in [4.78, 5) is 22.0. The largest absolute Gasteiger partial charge is 0.478 e. The molecule has 0 atom stereocenters. The first-order valence-corrected chi connectivity index (χ1v) is 5.83. The van der Waals surface area contributed by atoms with Crippen molar-refractivity contribution >= 4 is 23.5 Å². The SMILES string of the molecule is CCC(F)(F)C(=O)NCc1ccc(Cl)c(C(=O)O)c1. The number of hydrogen-bond donors (Lipinski definition) is 2. The molecule has 0 aliphatic carbocycles. The lowest BCUT2D eigenvalue weighted by Gasteiger charge is -2.14. The Labute approximate surface area is 113 Å². The number of benzene rings is 1. The van der Waals surface area contributed by atoms with E-state index in [1.807, 2.05) is 0 Å². The lowest BCUT2D eigenvalue weighted by atomic mass is 10.1. The molecule has 0 heterocycles. The predicted molar refractivity (Wildman–Crippen MR) is 65.5 cm³/mol. The normalized spacial score (nSPS) is 11.2. The second-order valence-corrected chi connectivity index (χ2v) is 4.27. The summed E-state index contributed by atoms with van der Waals surface area (Å²) in [6, 6.07) is 4.03. The molecule has 0 aliphatic rings. The molecule has 1 rings (SSSR count). The first kappa shape index (κ1) is 15.4. The van der Waals surface area contributed by atoms with E-state index in [2.05, 4.69) is 5.32 Å². The molecule has 104 valence electrons. The van der Waals surface area contributed by atoms with Crippen LogP contribution in [0.2, 0.25) is 5.02 Å². The van der Waals surface area contributed by atoms with Gasteiger partial charge in [-0.2, -0.15) is 8.78 Å². The van der Waals surface area contributed by atoms with Crippen molar-refractivity contribution in [1.29, 1.82) is 0 Å². The van der Waals surface area contributed by atoms with E-state index in [0.717, 1.165) is 0 Å². The lowest BCUT2D eigenvalue weighted by Crippen LogP contribution is -2.39. The highest BCUT2D eigenvalue weighted by Gasteiger charge is 2.35. The zero-order valence-electron chi connectivity index (χ0n) is 10.0. The van der Waals surface area contributed by atoms with Gasteiger partial charge in [0.2, 0.25) is 0 Å². The van der Waals surface area contributed by atoms with Crippen LogP contribution in [-0.4, -0.2) is 22.9 Å². The van der Waals surface area contributed by atoms with Gasteiger partial charge in [0, 0.05) is 13.0 Å². The highest BCUT2D eigenvalue weighted by molar-refractivity contribution is 6.33. The van der Waals surface area contributed by atoms with Gasteiger partial charge >= 0.3 is 11.9 Å². The average Bonchev–Trinajstić information content (AvgIpc) is 2.36. The summed E-state index contributed by atoms with van der Waals surface area (Å²) in [7, 11) is 0. The standard InChI is InChI=1S/C12H12ClF2NO3/c1-2-12(14,15)11(19)16-6-7-3-4-9(13)8(5-7)10(17)18/h3-5H,2,6H2,1H3,(H,16,19)(H,17,18). The molecule has 0 unspecified atom stereocenters. The van der Waals surface area contributed by atoms with E-state index in [-0.39, 0.29) is 17.1 Å². The number of alkyl halides is 2. The van der Waals surface area contributed by atoms with E-state index in [0.29, 0.717) is 5.56 Å². The Bertz CT molecular complexity index is 506. The van der Waals surface area contributed by atoms with Crippen molar-refractivity contribution in [2.24, 2.45) is 0 Å². The lowest BCUT2D eigenvalue weighted by molar-refractivity contribution is -0.146. The Balaban J connectivity index is 2.77. The number of carboxylic acids is 1.